The van der Waals surface area contributed by atoms with Gasteiger partial charge in [0.25, 0.3) is 5.69 Å². The summed E-state index contributed by atoms with van der Waals surface area (Å²) < 4.78 is 0.646. The van der Waals surface area contributed by atoms with E-state index in [2.05, 4.69) is 17.4 Å². The van der Waals surface area contributed by atoms with Crippen molar-refractivity contribution in [2.45, 2.75) is 6.42 Å². The highest BCUT2D eigenvalue weighted by Gasteiger charge is 2.11. The first-order valence-electron chi connectivity index (χ1n) is 5.88. The second-order valence-electron chi connectivity index (χ2n) is 4.09. The van der Waals surface area contributed by atoms with Crippen LogP contribution in [0, 0.1) is 13.7 Å². The van der Waals surface area contributed by atoms with Gasteiger partial charge in [-0.05, 0) is 46.7 Å². The summed E-state index contributed by atoms with van der Waals surface area (Å²) in [6, 6.07) is 15.3. The van der Waals surface area contributed by atoms with Crippen molar-refractivity contribution in [2.75, 3.05) is 11.9 Å². The summed E-state index contributed by atoms with van der Waals surface area (Å²) in [5, 5.41) is 14.0. The average Bonchev–Trinajstić information content (AvgIpc) is 2.39. The molecule has 4 nitrogen and oxygen atoms in total. The van der Waals surface area contributed by atoms with E-state index >= 15 is 0 Å². The van der Waals surface area contributed by atoms with Crippen LogP contribution in [0.2, 0.25) is 0 Å². The number of nitrogens with one attached hydrogen (secondary N) is 1. The summed E-state index contributed by atoms with van der Waals surface area (Å²) in [7, 11) is 0. The topological polar surface area (TPSA) is 55.2 Å². The molecule has 1 N–H and O–H groups in total. The number of hydrogen-bond donors (Lipinski definition) is 1. The van der Waals surface area contributed by atoms with E-state index in [1.807, 2.05) is 40.8 Å². The molecule has 19 heavy (non-hydrogen) atoms. The Morgan fingerprint density at radius 2 is 1.89 bits per heavy atom. The minimum absolute atomic E-state index is 0.147. The molecule has 0 heterocycles. The van der Waals surface area contributed by atoms with E-state index in [0.717, 1.165) is 18.7 Å². The lowest BCUT2D eigenvalue weighted by atomic mass is 10.1. The lowest BCUT2D eigenvalue weighted by Crippen LogP contribution is -2.05. The summed E-state index contributed by atoms with van der Waals surface area (Å²) >= 11 is 1.98. The van der Waals surface area contributed by atoms with Gasteiger partial charge in [-0.25, -0.2) is 0 Å². The Kier molecular flexibility index (Phi) is 4.73. The number of rotatable bonds is 5. The first kappa shape index (κ1) is 13.8. The zero-order chi connectivity index (χ0) is 13.7. The molecule has 2 aromatic carbocycles. The Morgan fingerprint density at radius 1 is 1.16 bits per heavy atom. The fraction of sp³-hybridized carbons (Fsp3) is 0.143. The summed E-state index contributed by atoms with van der Waals surface area (Å²) in [4.78, 5) is 10.3. The maximum atomic E-state index is 10.7. The van der Waals surface area contributed by atoms with E-state index in [4.69, 9.17) is 0 Å². The second kappa shape index (κ2) is 6.51. The van der Waals surface area contributed by atoms with E-state index in [9.17, 15) is 10.1 Å². The highest BCUT2D eigenvalue weighted by atomic mass is 127. The van der Waals surface area contributed by atoms with Crippen LogP contribution in [-0.2, 0) is 6.42 Å². The number of nitrogens with zero attached hydrogens (tertiary/aromatic N) is 1. The third kappa shape index (κ3) is 3.92. The van der Waals surface area contributed by atoms with Crippen molar-refractivity contribution in [3.63, 3.8) is 0 Å². The van der Waals surface area contributed by atoms with Crippen molar-refractivity contribution in [3.8, 4) is 0 Å². The SMILES string of the molecule is O=[N+]([O-])c1ccc(NCCc2ccccc2)cc1I. The van der Waals surface area contributed by atoms with Crippen LogP contribution in [0.4, 0.5) is 11.4 Å². The van der Waals surface area contributed by atoms with Gasteiger partial charge in [-0.2, -0.15) is 0 Å². The van der Waals surface area contributed by atoms with Gasteiger partial charge in [0.05, 0.1) is 8.49 Å². The number of anilines is 1. The average molecular weight is 368 g/mol. The van der Waals surface area contributed by atoms with Gasteiger partial charge in [-0.15, -0.1) is 0 Å². The normalized spacial score (nSPS) is 10.2. The molecule has 98 valence electrons. The van der Waals surface area contributed by atoms with Crippen molar-refractivity contribution >= 4 is 34.0 Å². The Labute approximate surface area is 125 Å². The first-order valence-corrected chi connectivity index (χ1v) is 6.96. The van der Waals surface area contributed by atoms with E-state index in [0.29, 0.717) is 3.57 Å². The van der Waals surface area contributed by atoms with Gasteiger partial charge in [-0.3, -0.25) is 10.1 Å². The molecule has 5 heteroatoms. The Morgan fingerprint density at radius 3 is 2.53 bits per heavy atom. The fourth-order valence-electron chi connectivity index (χ4n) is 1.76. The molecule has 0 amide bonds. The molecule has 0 aliphatic rings. The minimum atomic E-state index is -0.366. The van der Waals surface area contributed by atoms with Gasteiger partial charge in [0.15, 0.2) is 0 Å². The molecule has 2 aromatic rings. The van der Waals surface area contributed by atoms with E-state index in [1.165, 1.54) is 11.6 Å². The van der Waals surface area contributed by atoms with Crippen molar-refractivity contribution in [1.29, 1.82) is 0 Å². The molecular weight excluding hydrogens is 355 g/mol. The van der Waals surface area contributed by atoms with E-state index < -0.39 is 0 Å². The van der Waals surface area contributed by atoms with Gasteiger partial charge < -0.3 is 5.32 Å². The van der Waals surface area contributed by atoms with Crippen LogP contribution in [0.25, 0.3) is 0 Å². The molecule has 0 aromatic heterocycles. The third-order valence-electron chi connectivity index (χ3n) is 2.73. The van der Waals surface area contributed by atoms with Gasteiger partial charge in [0.2, 0.25) is 0 Å². The number of hydrogen-bond acceptors (Lipinski definition) is 3. The third-order valence-corrected chi connectivity index (χ3v) is 3.59. The standard InChI is InChI=1S/C14H13IN2O2/c15-13-10-12(6-7-14(13)17(18)19)16-9-8-11-4-2-1-3-5-11/h1-7,10,16H,8-9H2. The van der Waals surface area contributed by atoms with Gasteiger partial charge in [-0.1, -0.05) is 30.3 Å². The van der Waals surface area contributed by atoms with Crippen LogP contribution >= 0.6 is 22.6 Å². The summed E-state index contributed by atoms with van der Waals surface area (Å²) in [6.07, 6.45) is 0.925. The quantitative estimate of drug-likeness (QED) is 0.496. The minimum Gasteiger partial charge on any atom is -0.385 e. The van der Waals surface area contributed by atoms with Crippen molar-refractivity contribution in [2.24, 2.45) is 0 Å². The van der Waals surface area contributed by atoms with Crippen molar-refractivity contribution in [3.05, 3.63) is 67.8 Å². The van der Waals surface area contributed by atoms with Gasteiger partial charge in [0, 0.05) is 18.3 Å². The van der Waals surface area contributed by atoms with Crippen LogP contribution in [0.1, 0.15) is 5.56 Å². The zero-order valence-corrected chi connectivity index (χ0v) is 12.3. The predicted molar refractivity (Wildman–Crippen MR) is 84.4 cm³/mol. The number of halogens is 1. The zero-order valence-electron chi connectivity index (χ0n) is 10.2. The fourth-order valence-corrected chi connectivity index (χ4v) is 2.47. The van der Waals surface area contributed by atoms with Gasteiger partial charge in [0.1, 0.15) is 0 Å². The molecule has 0 unspecified atom stereocenters. The second-order valence-corrected chi connectivity index (χ2v) is 5.25. The molecule has 0 saturated carbocycles. The lowest BCUT2D eigenvalue weighted by Gasteiger charge is -2.07. The van der Waals surface area contributed by atoms with Crippen LogP contribution in [0.15, 0.2) is 48.5 Å². The number of nitro benzene ring substituents is 1. The molecule has 0 spiro atoms. The Hall–Kier alpha value is -1.63. The summed E-state index contributed by atoms with van der Waals surface area (Å²) in [5.41, 5.74) is 2.33. The number of nitro groups is 1. The summed E-state index contributed by atoms with van der Waals surface area (Å²) in [6.45, 7) is 0.803. The largest absolute Gasteiger partial charge is 0.385 e. The predicted octanol–water partition coefficient (Wildman–Crippen LogP) is 3.85. The maximum absolute atomic E-state index is 10.7. The first-order chi connectivity index (χ1) is 9.16. The lowest BCUT2D eigenvalue weighted by molar-refractivity contribution is -0.385. The molecule has 0 aliphatic heterocycles. The smallest absolute Gasteiger partial charge is 0.282 e. The molecule has 0 radical (unpaired) electrons. The Bertz CT molecular complexity index is 573. The van der Waals surface area contributed by atoms with Crippen LogP contribution in [0.3, 0.4) is 0 Å². The number of benzene rings is 2. The van der Waals surface area contributed by atoms with Gasteiger partial charge >= 0.3 is 0 Å². The van der Waals surface area contributed by atoms with E-state index in [-0.39, 0.29) is 10.6 Å². The highest BCUT2D eigenvalue weighted by Crippen LogP contribution is 2.24. The summed E-state index contributed by atoms with van der Waals surface area (Å²) in [5.74, 6) is 0. The van der Waals surface area contributed by atoms with Crippen LogP contribution < -0.4 is 5.32 Å². The molecule has 0 aliphatic carbocycles. The Balaban J connectivity index is 1.93. The van der Waals surface area contributed by atoms with E-state index in [1.54, 1.807) is 12.1 Å². The molecule has 0 saturated heterocycles. The molecule has 0 bridgehead atoms. The monoisotopic (exact) mass is 368 g/mol. The van der Waals surface area contributed by atoms with Crippen molar-refractivity contribution < 1.29 is 4.92 Å². The maximum Gasteiger partial charge on any atom is 0.282 e. The molecular formula is C14H13IN2O2. The van der Waals surface area contributed by atoms with Crippen LogP contribution in [-0.4, -0.2) is 11.5 Å². The molecule has 0 atom stereocenters. The highest BCUT2D eigenvalue weighted by molar-refractivity contribution is 14.1. The van der Waals surface area contributed by atoms with Crippen LogP contribution in [0.5, 0.6) is 0 Å². The van der Waals surface area contributed by atoms with Crippen molar-refractivity contribution in [1.82, 2.24) is 0 Å². The molecule has 0 fully saturated rings. The molecule has 2 rings (SSSR count).